The third kappa shape index (κ3) is 5.18. The fourth-order valence-corrected chi connectivity index (χ4v) is 4.05. The Balaban J connectivity index is 1.52. The Kier molecular flexibility index (Phi) is 6.68. The topological polar surface area (TPSA) is 81.2 Å². The molecule has 0 radical (unpaired) electrons. The van der Waals surface area contributed by atoms with Gasteiger partial charge in [0.1, 0.15) is 0 Å². The van der Waals surface area contributed by atoms with Crippen LogP contribution in [0.2, 0.25) is 0 Å². The number of rotatable bonds is 6. The Morgan fingerprint density at radius 3 is 2.52 bits per heavy atom. The molecule has 1 saturated heterocycles. The molecule has 1 aliphatic rings. The van der Waals surface area contributed by atoms with Crippen LogP contribution in [0.3, 0.4) is 0 Å². The first-order valence-electron chi connectivity index (χ1n) is 9.44. The molecule has 6 nitrogen and oxygen atoms in total. The normalized spacial score (nSPS) is 16.0. The van der Waals surface area contributed by atoms with Gasteiger partial charge in [0.2, 0.25) is 0 Å². The summed E-state index contributed by atoms with van der Waals surface area (Å²) in [6.07, 6.45) is 1.56. The molecule has 3 rings (SSSR count). The van der Waals surface area contributed by atoms with Crippen molar-refractivity contribution in [3.8, 4) is 0 Å². The number of aliphatic hydroxyl groups is 1. The van der Waals surface area contributed by atoms with E-state index in [0.717, 1.165) is 48.2 Å². The molecule has 146 valence electrons. The second kappa shape index (κ2) is 8.99. The molecule has 0 bridgehead atoms. The second-order valence-electron chi connectivity index (χ2n) is 7.46. The van der Waals surface area contributed by atoms with Crippen molar-refractivity contribution in [3.05, 3.63) is 51.3 Å². The number of likely N-dealkylation sites (tertiary alicyclic amines) is 1. The molecule has 1 amide bonds. The van der Waals surface area contributed by atoms with Crippen LogP contribution in [-0.4, -0.2) is 45.3 Å². The number of halogens is 1. The number of nitrogens with zero attached hydrogens (tertiary/aromatic N) is 2. The Labute approximate surface area is 168 Å². The van der Waals surface area contributed by atoms with Gasteiger partial charge in [-0.05, 0) is 45.8 Å². The number of nitrogens with one attached hydrogen (secondary N) is 2. The van der Waals surface area contributed by atoms with Crippen LogP contribution < -0.4 is 5.32 Å². The van der Waals surface area contributed by atoms with Crippen molar-refractivity contribution in [3.63, 3.8) is 0 Å². The number of aliphatic hydroxyl groups excluding tert-OH is 1. The standard InChI is InChI=1S/C20H27BrN4O2/c1-13(2)18-17(21)19(24-23-18)20(27)22-11-14-3-5-15(6-4-14)12-25-9-7-16(26)8-10-25/h3-6,13,16,26H,7-12H2,1-2H3,(H,22,27)(H,23,24). The fraction of sp³-hybridized carbons (Fsp3) is 0.500. The van der Waals surface area contributed by atoms with Crippen molar-refractivity contribution in [2.24, 2.45) is 0 Å². The van der Waals surface area contributed by atoms with Crippen LogP contribution in [0.1, 0.15) is 59.9 Å². The van der Waals surface area contributed by atoms with Gasteiger partial charge >= 0.3 is 0 Å². The van der Waals surface area contributed by atoms with E-state index in [1.54, 1.807) is 0 Å². The van der Waals surface area contributed by atoms with E-state index in [2.05, 4.69) is 48.5 Å². The maximum atomic E-state index is 12.4. The van der Waals surface area contributed by atoms with Gasteiger partial charge in [0.05, 0.1) is 16.3 Å². The van der Waals surface area contributed by atoms with E-state index in [-0.39, 0.29) is 17.9 Å². The largest absolute Gasteiger partial charge is 0.393 e. The summed E-state index contributed by atoms with van der Waals surface area (Å²) in [7, 11) is 0. The predicted octanol–water partition coefficient (Wildman–Crippen LogP) is 3.18. The lowest BCUT2D eigenvalue weighted by molar-refractivity contribution is 0.0792. The first-order valence-corrected chi connectivity index (χ1v) is 10.2. The van der Waals surface area contributed by atoms with Gasteiger partial charge in [0.25, 0.3) is 5.91 Å². The number of hydrogen-bond acceptors (Lipinski definition) is 4. The van der Waals surface area contributed by atoms with Crippen molar-refractivity contribution in [2.75, 3.05) is 13.1 Å². The second-order valence-corrected chi connectivity index (χ2v) is 8.25. The molecule has 27 heavy (non-hydrogen) atoms. The van der Waals surface area contributed by atoms with Crippen molar-refractivity contribution >= 4 is 21.8 Å². The summed E-state index contributed by atoms with van der Waals surface area (Å²) >= 11 is 3.46. The van der Waals surface area contributed by atoms with Crippen LogP contribution in [0.15, 0.2) is 28.7 Å². The van der Waals surface area contributed by atoms with Gasteiger partial charge < -0.3 is 10.4 Å². The van der Waals surface area contributed by atoms with Crippen molar-refractivity contribution in [1.29, 1.82) is 0 Å². The van der Waals surface area contributed by atoms with E-state index in [1.165, 1.54) is 5.56 Å². The number of carbonyl (C=O) groups excluding carboxylic acids is 1. The van der Waals surface area contributed by atoms with Gasteiger partial charge in [-0.2, -0.15) is 5.10 Å². The molecular formula is C20H27BrN4O2. The van der Waals surface area contributed by atoms with Gasteiger partial charge in [-0.25, -0.2) is 0 Å². The lowest BCUT2D eigenvalue weighted by Crippen LogP contribution is -2.35. The summed E-state index contributed by atoms with van der Waals surface area (Å²) in [5.41, 5.74) is 3.62. The van der Waals surface area contributed by atoms with E-state index < -0.39 is 0 Å². The van der Waals surface area contributed by atoms with Crippen LogP contribution in [0.4, 0.5) is 0 Å². The van der Waals surface area contributed by atoms with E-state index in [0.29, 0.717) is 12.2 Å². The van der Waals surface area contributed by atoms with Crippen LogP contribution >= 0.6 is 15.9 Å². The minimum atomic E-state index is -0.194. The average Bonchev–Trinajstić information content (AvgIpc) is 3.04. The first-order chi connectivity index (χ1) is 12.9. The number of carbonyl (C=O) groups is 1. The molecule has 0 saturated carbocycles. The molecule has 2 aromatic rings. The maximum Gasteiger partial charge on any atom is 0.273 e. The smallest absolute Gasteiger partial charge is 0.273 e. The monoisotopic (exact) mass is 434 g/mol. The number of hydrogen-bond donors (Lipinski definition) is 3. The minimum absolute atomic E-state index is 0.140. The summed E-state index contributed by atoms with van der Waals surface area (Å²) in [6, 6.07) is 8.31. The molecule has 7 heteroatoms. The van der Waals surface area contributed by atoms with E-state index >= 15 is 0 Å². The molecule has 1 aromatic carbocycles. The molecule has 0 unspecified atom stereocenters. The van der Waals surface area contributed by atoms with E-state index in [1.807, 2.05) is 26.0 Å². The van der Waals surface area contributed by atoms with Gasteiger partial charge in [0, 0.05) is 26.2 Å². The number of amides is 1. The maximum absolute atomic E-state index is 12.4. The highest BCUT2D eigenvalue weighted by Gasteiger charge is 2.19. The Hall–Kier alpha value is -1.70. The Morgan fingerprint density at radius 1 is 1.30 bits per heavy atom. The zero-order valence-corrected chi connectivity index (χ0v) is 17.4. The molecule has 0 aliphatic carbocycles. The fourth-order valence-electron chi connectivity index (χ4n) is 3.24. The van der Waals surface area contributed by atoms with Gasteiger partial charge in [0.15, 0.2) is 5.69 Å². The molecule has 3 N–H and O–H groups in total. The number of piperidine rings is 1. The summed E-state index contributed by atoms with van der Waals surface area (Å²) in [4.78, 5) is 14.7. The summed E-state index contributed by atoms with van der Waals surface area (Å²) in [5.74, 6) is 0.0742. The third-order valence-electron chi connectivity index (χ3n) is 4.96. The molecular weight excluding hydrogens is 408 g/mol. The van der Waals surface area contributed by atoms with Gasteiger partial charge in [-0.1, -0.05) is 38.1 Å². The van der Waals surface area contributed by atoms with Crippen molar-refractivity contribution < 1.29 is 9.90 Å². The van der Waals surface area contributed by atoms with E-state index in [4.69, 9.17) is 0 Å². The quantitative estimate of drug-likeness (QED) is 0.651. The Bertz CT molecular complexity index is 765. The van der Waals surface area contributed by atoms with Crippen LogP contribution in [0.5, 0.6) is 0 Å². The zero-order chi connectivity index (χ0) is 19.4. The molecule has 2 heterocycles. The van der Waals surface area contributed by atoms with Crippen LogP contribution in [0, 0.1) is 0 Å². The highest BCUT2D eigenvalue weighted by molar-refractivity contribution is 9.10. The lowest BCUT2D eigenvalue weighted by atomic mass is 10.1. The molecule has 1 aliphatic heterocycles. The molecule has 1 fully saturated rings. The highest BCUT2D eigenvalue weighted by Crippen LogP contribution is 2.25. The summed E-state index contributed by atoms with van der Waals surface area (Å²) < 4.78 is 0.733. The number of aromatic amines is 1. The van der Waals surface area contributed by atoms with Gasteiger partial charge in [-0.15, -0.1) is 0 Å². The summed E-state index contributed by atoms with van der Waals surface area (Å²) in [6.45, 7) is 7.34. The van der Waals surface area contributed by atoms with Crippen LogP contribution in [0.25, 0.3) is 0 Å². The van der Waals surface area contributed by atoms with Gasteiger partial charge in [-0.3, -0.25) is 14.8 Å². The SMILES string of the molecule is CC(C)c1[nH]nc(C(=O)NCc2ccc(CN3CCC(O)CC3)cc2)c1Br. The third-order valence-corrected chi connectivity index (χ3v) is 5.77. The Morgan fingerprint density at radius 2 is 1.93 bits per heavy atom. The number of benzene rings is 1. The minimum Gasteiger partial charge on any atom is -0.393 e. The van der Waals surface area contributed by atoms with Crippen LogP contribution in [-0.2, 0) is 13.1 Å². The lowest BCUT2D eigenvalue weighted by Gasteiger charge is -2.29. The van der Waals surface area contributed by atoms with Crippen molar-refractivity contribution in [2.45, 2.75) is 51.8 Å². The number of H-pyrrole nitrogens is 1. The molecule has 0 atom stereocenters. The first kappa shape index (κ1) is 20.0. The zero-order valence-electron chi connectivity index (χ0n) is 15.8. The highest BCUT2D eigenvalue weighted by atomic mass is 79.9. The van der Waals surface area contributed by atoms with Crippen molar-refractivity contribution in [1.82, 2.24) is 20.4 Å². The summed E-state index contributed by atoms with van der Waals surface area (Å²) in [5, 5.41) is 19.6. The predicted molar refractivity (Wildman–Crippen MR) is 109 cm³/mol. The number of aromatic nitrogens is 2. The molecule has 0 spiro atoms. The van der Waals surface area contributed by atoms with E-state index in [9.17, 15) is 9.90 Å². The average molecular weight is 435 g/mol. The molecule has 1 aromatic heterocycles.